The molecule has 0 spiro atoms. The Morgan fingerprint density at radius 3 is 2.43 bits per heavy atom. The van der Waals surface area contributed by atoms with Crippen LogP contribution >= 0.6 is 34.8 Å². The van der Waals surface area contributed by atoms with E-state index < -0.39 is 0 Å². The molecule has 2 aromatic rings. The molecule has 1 aliphatic rings. The van der Waals surface area contributed by atoms with Gasteiger partial charge in [0.1, 0.15) is 5.76 Å². The maximum absolute atomic E-state index is 12.3. The molecule has 150 valence electrons. The Hall–Kier alpha value is -1.73. The first kappa shape index (κ1) is 21.0. The van der Waals surface area contributed by atoms with Gasteiger partial charge in [-0.25, -0.2) is 0 Å². The lowest BCUT2D eigenvalue weighted by molar-refractivity contribution is -0.126. The number of benzene rings is 1. The van der Waals surface area contributed by atoms with Gasteiger partial charge in [-0.05, 0) is 50.2 Å². The van der Waals surface area contributed by atoms with Gasteiger partial charge in [0.15, 0.2) is 0 Å². The number of carbonyl (C=O) groups is 2. The summed E-state index contributed by atoms with van der Waals surface area (Å²) in [5, 5.41) is 6.60. The highest BCUT2D eigenvalue weighted by molar-refractivity contribution is 6.42. The van der Waals surface area contributed by atoms with E-state index >= 15 is 0 Å². The number of rotatable bonds is 6. The number of carbonyl (C=O) groups excluding carboxylic acids is 2. The van der Waals surface area contributed by atoms with E-state index in [9.17, 15) is 9.59 Å². The minimum Gasteiger partial charge on any atom is -0.467 e. The molecule has 0 unspecified atom stereocenters. The van der Waals surface area contributed by atoms with Crippen molar-refractivity contribution in [1.29, 1.82) is 0 Å². The van der Waals surface area contributed by atoms with Crippen LogP contribution < -0.4 is 10.6 Å². The van der Waals surface area contributed by atoms with Crippen LogP contribution in [0.4, 0.5) is 5.69 Å². The van der Waals surface area contributed by atoms with E-state index in [0.717, 1.165) is 5.76 Å². The molecule has 0 atom stereocenters. The summed E-state index contributed by atoms with van der Waals surface area (Å²) in [6.07, 6.45) is 2.97. The van der Waals surface area contributed by atoms with Crippen molar-refractivity contribution in [3.63, 3.8) is 0 Å². The Labute approximate surface area is 178 Å². The smallest absolute Gasteiger partial charge is 0.238 e. The lowest BCUT2D eigenvalue weighted by Crippen LogP contribution is -2.43. The van der Waals surface area contributed by atoms with Crippen LogP contribution in [0.3, 0.4) is 0 Å². The number of hydrogen-bond donors (Lipinski definition) is 2. The molecule has 28 heavy (non-hydrogen) atoms. The number of hydrogen-bond acceptors (Lipinski definition) is 4. The highest BCUT2D eigenvalue weighted by Gasteiger charge is 2.26. The van der Waals surface area contributed by atoms with E-state index in [-0.39, 0.29) is 34.3 Å². The quantitative estimate of drug-likeness (QED) is 0.700. The van der Waals surface area contributed by atoms with E-state index in [4.69, 9.17) is 39.2 Å². The van der Waals surface area contributed by atoms with Crippen molar-refractivity contribution in [1.82, 2.24) is 10.2 Å². The fourth-order valence-corrected chi connectivity index (χ4v) is 4.04. The average molecular weight is 445 g/mol. The fraction of sp³-hybridized carbons (Fsp3) is 0.368. The third kappa shape index (κ3) is 5.64. The van der Waals surface area contributed by atoms with Crippen LogP contribution in [0.2, 0.25) is 15.1 Å². The molecule has 9 heteroatoms. The van der Waals surface area contributed by atoms with Crippen LogP contribution in [-0.2, 0) is 16.1 Å². The number of furan rings is 1. The Kier molecular flexibility index (Phi) is 7.24. The van der Waals surface area contributed by atoms with Gasteiger partial charge in [-0.15, -0.1) is 0 Å². The molecule has 1 aliphatic heterocycles. The van der Waals surface area contributed by atoms with Crippen LogP contribution in [0.15, 0.2) is 34.9 Å². The predicted octanol–water partition coefficient (Wildman–Crippen LogP) is 4.21. The van der Waals surface area contributed by atoms with E-state index in [1.807, 2.05) is 11.0 Å². The van der Waals surface area contributed by atoms with Gasteiger partial charge in [0.05, 0.1) is 35.1 Å². The van der Waals surface area contributed by atoms with Crippen LogP contribution in [0.5, 0.6) is 0 Å². The zero-order valence-electron chi connectivity index (χ0n) is 15.0. The molecule has 1 aromatic carbocycles. The first-order valence-electron chi connectivity index (χ1n) is 8.89. The molecular weight excluding hydrogens is 425 g/mol. The largest absolute Gasteiger partial charge is 0.467 e. The molecule has 2 amide bonds. The molecule has 2 heterocycles. The van der Waals surface area contributed by atoms with Crippen molar-refractivity contribution in [3.05, 3.63) is 51.4 Å². The number of nitrogens with one attached hydrogen (secondary N) is 2. The Balaban J connectivity index is 1.44. The molecule has 2 N–H and O–H groups in total. The average Bonchev–Trinajstić information content (AvgIpc) is 3.17. The molecule has 0 bridgehead atoms. The van der Waals surface area contributed by atoms with Crippen LogP contribution in [0.1, 0.15) is 18.6 Å². The third-order valence-corrected chi connectivity index (χ3v) is 5.43. The molecular formula is C19H20Cl3N3O3. The van der Waals surface area contributed by atoms with Crippen molar-refractivity contribution >= 4 is 52.3 Å². The zero-order chi connectivity index (χ0) is 20.1. The van der Waals surface area contributed by atoms with Gasteiger partial charge in [-0.2, -0.15) is 0 Å². The van der Waals surface area contributed by atoms with Crippen molar-refractivity contribution in [3.8, 4) is 0 Å². The predicted molar refractivity (Wildman–Crippen MR) is 110 cm³/mol. The minimum absolute atomic E-state index is 0.0141. The molecule has 0 saturated carbocycles. The summed E-state index contributed by atoms with van der Waals surface area (Å²) >= 11 is 18.1. The van der Waals surface area contributed by atoms with Gasteiger partial charge in [0.2, 0.25) is 11.8 Å². The molecule has 1 aromatic heterocycles. The highest BCUT2D eigenvalue weighted by Crippen LogP contribution is 2.33. The molecule has 1 fully saturated rings. The zero-order valence-corrected chi connectivity index (χ0v) is 17.3. The highest BCUT2D eigenvalue weighted by atomic mass is 35.5. The summed E-state index contributed by atoms with van der Waals surface area (Å²) < 4.78 is 5.21. The van der Waals surface area contributed by atoms with Gasteiger partial charge >= 0.3 is 0 Å². The molecule has 0 aliphatic carbocycles. The molecule has 3 rings (SSSR count). The number of nitrogens with zero attached hydrogens (tertiary/aromatic N) is 1. The van der Waals surface area contributed by atoms with Crippen LogP contribution in [-0.4, -0.2) is 36.3 Å². The van der Waals surface area contributed by atoms with Crippen LogP contribution in [0.25, 0.3) is 0 Å². The number of piperidine rings is 1. The van der Waals surface area contributed by atoms with E-state index in [1.165, 1.54) is 12.1 Å². The Bertz CT molecular complexity index is 811. The molecule has 6 nitrogen and oxygen atoms in total. The second-order valence-corrected chi connectivity index (χ2v) is 7.89. The normalized spacial score (nSPS) is 15.4. The van der Waals surface area contributed by atoms with Gasteiger partial charge in [-0.1, -0.05) is 34.8 Å². The first-order chi connectivity index (χ1) is 13.4. The maximum Gasteiger partial charge on any atom is 0.238 e. The van der Waals surface area contributed by atoms with Crippen molar-refractivity contribution in [2.45, 2.75) is 19.4 Å². The second kappa shape index (κ2) is 9.65. The summed E-state index contributed by atoms with van der Waals surface area (Å²) in [6.45, 7) is 1.91. The standard InChI is InChI=1S/C19H20Cl3N3O3/c20-13-8-15(21)18(16(22)9-13)24-17(26)11-25-5-3-12(4-6-25)19(27)23-10-14-2-1-7-28-14/h1-2,7-9,12H,3-6,10-11H2,(H,23,27)(H,24,26). The Morgan fingerprint density at radius 2 is 1.82 bits per heavy atom. The number of amides is 2. The van der Waals surface area contributed by atoms with Crippen LogP contribution in [0, 0.1) is 5.92 Å². The lowest BCUT2D eigenvalue weighted by atomic mass is 9.96. The van der Waals surface area contributed by atoms with Crippen molar-refractivity contribution < 1.29 is 14.0 Å². The monoisotopic (exact) mass is 443 g/mol. The van der Waals surface area contributed by atoms with Gasteiger partial charge in [-0.3, -0.25) is 14.5 Å². The van der Waals surface area contributed by atoms with Gasteiger partial charge < -0.3 is 15.1 Å². The first-order valence-corrected chi connectivity index (χ1v) is 10.0. The van der Waals surface area contributed by atoms with Crippen molar-refractivity contribution in [2.24, 2.45) is 5.92 Å². The summed E-state index contributed by atoms with van der Waals surface area (Å²) in [6, 6.07) is 6.66. The molecule has 1 saturated heterocycles. The van der Waals surface area contributed by atoms with E-state index in [2.05, 4.69) is 10.6 Å². The fourth-order valence-electron chi connectivity index (χ4n) is 3.13. The van der Waals surface area contributed by atoms with Gasteiger partial charge in [0, 0.05) is 10.9 Å². The second-order valence-electron chi connectivity index (χ2n) is 6.64. The molecule has 0 radical (unpaired) electrons. The topological polar surface area (TPSA) is 74.6 Å². The number of anilines is 1. The Morgan fingerprint density at radius 1 is 1.14 bits per heavy atom. The van der Waals surface area contributed by atoms with E-state index in [0.29, 0.717) is 43.2 Å². The SMILES string of the molecule is O=C(CN1CCC(C(=O)NCc2ccco2)CC1)Nc1c(Cl)cc(Cl)cc1Cl. The third-order valence-electron chi connectivity index (χ3n) is 4.61. The lowest BCUT2D eigenvalue weighted by Gasteiger charge is -2.30. The summed E-state index contributed by atoms with van der Waals surface area (Å²) in [5.41, 5.74) is 0.352. The maximum atomic E-state index is 12.3. The van der Waals surface area contributed by atoms with E-state index in [1.54, 1.807) is 12.3 Å². The number of likely N-dealkylation sites (tertiary alicyclic amines) is 1. The summed E-state index contributed by atoms with van der Waals surface area (Å²) in [4.78, 5) is 26.6. The minimum atomic E-state index is -0.216. The summed E-state index contributed by atoms with van der Waals surface area (Å²) in [5.74, 6) is 0.462. The van der Waals surface area contributed by atoms with Gasteiger partial charge in [0.25, 0.3) is 0 Å². The summed E-state index contributed by atoms with van der Waals surface area (Å²) in [7, 11) is 0. The number of halogens is 3. The van der Waals surface area contributed by atoms with Crippen molar-refractivity contribution in [2.75, 3.05) is 25.0 Å².